The highest BCUT2D eigenvalue weighted by atomic mass is 14.8. The highest BCUT2D eigenvalue weighted by Crippen LogP contribution is 2.34. The summed E-state index contributed by atoms with van der Waals surface area (Å²) in [6.07, 6.45) is 10.0. The molecule has 5 atom stereocenters. The molecule has 94 valence electrons. The molecule has 0 bridgehead atoms. The van der Waals surface area contributed by atoms with Crippen LogP contribution in [0.3, 0.4) is 0 Å². The van der Waals surface area contributed by atoms with Crippen LogP contribution in [0.2, 0.25) is 0 Å². The molecular weight excluding hydrogens is 198 g/mol. The summed E-state index contributed by atoms with van der Waals surface area (Å²) in [5.41, 5.74) is 18.3. The Morgan fingerprint density at radius 1 is 0.875 bits per heavy atom. The van der Waals surface area contributed by atoms with Gasteiger partial charge in [0.15, 0.2) is 0 Å². The smallest absolute Gasteiger partial charge is 0.0221 e. The minimum Gasteiger partial charge on any atom is -0.328 e. The third-order valence-corrected chi connectivity index (χ3v) is 4.61. The Kier molecular flexibility index (Phi) is 4.22. The average Bonchev–Trinajstić information content (AvgIpc) is 2.25. The topological polar surface area (TPSA) is 78.1 Å². The van der Waals surface area contributed by atoms with Crippen molar-refractivity contribution in [2.75, 3.05) is 0 Å². The van der Waals surface area contributed by atoms with E-state index in [0.29, 0.717) is 12.0 Å². The lowest BCUT2D eigenvalue weighted by atomic mass is 9.73. The van der Waals surface area contributed by atoms with E-state index in [2.05, 4.69) is 0 Å². The van der Waals surface area contributed by atoms with Crippen molar-refractivity contribution in [1.29, 1.82) is 0 Å². The van der Waals surface area contributed by atoms with Crippen LogP contribution >= 0.6 is 0 Å². The third-order valence-electron chi connectivity index (χ3n) is 4.61. The van der Waals surface area contributed by atoms with Crippen LogP contribution in [-0.4, -0.2) is 18.1 Å². The minimum absolute atomic E-state index is 0.229. The molecule has 2 fully saturated rings. The van der Waals surface area contributed by atoms with Crippen LogP contribution in [0.15, 0.2) is 0 Å². The number of rotatable bonds is 2. The second kappa shape index (κ2) is 5.48. The molecule has 2 rings (SSSR count). The van der Waals surface area contributed by atoms with Crippen molar-refractivity contribution in [1.82, 2.24) is 0 Å². The van der Waals surface area contributed by atoms with Crippen LogP contribution in [0.1, 0.15) is 51.4 Å². The molecule has 0 aromatic heterocycles. The molecule has 0 aromatic carbocycles. The van der Waals surface area contributed by atoms with Gasteiger partial charge in [0.25, 0.3) is 0 Å². The van der Waals surface area contributed by atoms with Crippen LogP contribution in [0.25, 0.3) is 0 Å². The molecule has 0 amide bonds. The first-order valence-electron chi connectivity index (χ1n) is 6.93. The lowest BCUT2D eigenvalue weighted by molar-refractivity contribution is 0.197. The maximum atomic E-state index is 6.22. The van der Waals surface area contributed by atoms with Gasteiger partial charge in [-0.2, -0.15) is 0 Å². The summed E-state index contributed by atoms with van der Waals surface area (Å²) < 4.78 is 0. The number of hydrogen-bond acceptors (Lipinski definition) is 3. The lowest BCUT2D eigenvalue weighted by Gasteiger charge is -2.37. The Bertz CT molecular complexity index is 219. The molecule has 0 aromatic rings. The van der Waals surface area contributed by atoms with Gasteiger partial charge in [0.05, 0.1) is 0 Å². The molecule has 3 nitrogen and oxygen atoms in total. The molecule has 0 heterocycles. The van der Waals surface area contributed by atoms with Gasteiger partial charge >= 0.3 is 0 Å². The predicted octanol–water partition coefficient (Wildman–Crippen LogP) is 1.35. The largest absolute Gasteiger partial charge is 0.328 e. The van der Waals surface area contributed by atoms with Crippen LogP contribution in [0.4, 0.5) is 0 Å². The summed E-state index contributed by atoms with van der Waals surface area (Å²) in [7, 11) is 0. The fraction of sp³-hybridized carbons (Fsp3) is 1.00. The predicted molar refractivity (Wildman–Crippen MR) is 67.8 cm³/mol. The van der Waals surface area contributed by atoms with Gasteiger partial charge in [0.1, 0.15) is 0 Å². The van der Waals surface area contributed by atoms with Gasteiger partial charge in [-0.05, 0) is 43.9 Å². The van der Waals surface area contributed by atoms with Crippen molar-refractivity contribution < 1.29 is 0 Å². The molecule has 6 N–H and O–H groups in total. The Morgan fingerprint density at radius 3 is 2.38 bits per heavy atom. The van der Waals surface area contributed by atoms with Gasteiger partial charge in [-0.25, -0.2) is 0 Å². The highest BCUT2D eigenvalue weighted by Gasteiger charge is 2.31. The molecule has 0 aliphatic heterocycles. The number of hydrogen-bond donors (Lipinski definition) is 3. The maximum absolute atomic E-state index is 6.22. The molecule has 3 heteroatoms. The summed E-state index contributed by atoms with van der Waals surface area (Å²) >= 11 is 0. The van der Waals surface area contributed by atoms with E-state index < -0.39 is 0 Å². The quantitative estimate of drug-likeness (QED) is 0.664. The SMILES string of the molecule is NC1CCCC(CC2CCC[C@@H](N)[C@H]2N)C1. The molecule has 0 saturated heterocycles. The van der Waals surface area contributed by atoms with E-state index in [1.54, 1.807) is 0 Å². The molecule has 0 spiro atoms. The molecular formula is C13H27N3. The normalized spacial score (nSPS) is 45.6. The van der Waals surface area contributed by atoms with Gasteiger partial charge in [-0.3, -0.25) is 0 Å². The molecule has 0 radical (unpaired) electrons. The average molecular weight is 225 g/mol. The van der Waals surface area contributed by atoms with Crippen LogP contribution < -0.4 is 17.2 Å². The van der Waals surface area contributed by atoms with E-state index in [9.17, 15) is 0 Å². The van der Waals surface area contributed by atoms with Gasteiger partial charge in [0, 0.05) is 18.1 Å². The zero-order valence-electron chi connectivity index (χ0n) is 10.3. The zero-order chi connectivity index (χ0) is 11.5. The van der Waals surface area contributed by atoms with E-state index in [4.69, 9.17) is 17.2 Å². The van der Waals surface area contributed by atoms with Crippen molar-refractivity contribution >= 4 is 0 Å². The summed E-state index contributed by atoms with van der Waals surface area (Å²) in [4.78, 5) is 0. The van der Waals surface area contributed by atoms with E-state index in [0.717, 1.165) is 12.3 Å². The standard InChI is InChI=1S/C13H27N3/c14-11-5-1-3-9(8-11)7-10-4-2-6-12(15)13(10)16/h9-13H,1-8,14-16H2/t9?,10?,11?,12-,13+/m1/s1. The minimum atomic E-state index is 0.229. The van der Waals surface area contributed by atoms with Crippen LogP contribution in [-0.2, 0) is 0 Å². The second-order valence-corrected chi connectivity index (χ2v) is 5.96. The lowest BCUT2D eigenvalue weighted by Crippen LogP contribution is -2.49. The van der Waals surface area contributed by atoms with Crippen molar-refractivity contribution in [3.63, 3.8) is 0 Å². The fourth-order valence-electron chi connectivity index (χ4n) is 3.60. The molecule has 2 aliphatic carbocycles. The van der Waals surface area contributed by atoms with E-state index in [1.165, 1.54) is 44.9 Å². The molecule has 3 unspecified atom stereocenters. The monoisotopic (exact) mass is 225 g/mol. The van der Waals surface area contributed by atoms with Gasteiger partial charge < -0.3 is 17.2 Å². The maximum Gasteiger partial charge on any atom is 0.0221 e. The van der Waals surface area contributed by atoms with Crippen LogP contribution in [0, 0.1) is 11.8 Å². The Labute approximate surface area is 99.1 Å². The summed E-state index contributed by atoms with van der Waals surface area (Å²) in [5, 5.41) is 0. The van der Waals surface area contributed by atoms with Gasteiger partial charge in [-0.1, -0.05) is 19.3 Å². The highest BCUT2D eigenvalue weighted by molar-refractivity contribution is 4.89. The first kappa shape index (κ1) is 12.3. The Balaban J connectivity index is 1.83. The van der Waals surface area contributed by atoms with Crippen molar-refractivity contribution in [2.24, 2.45) is 29.0 Å². The van der Waals surface area contributed by atoms with Crippen molar-refractivity contribution in [3.05, 3.63) is 0 Å². The zero-order valence-corrected chi connectivity index (χ0v) is 10.3. The van der Waals surface area contributed by atoms with Crippen molar-refractivity contribution in [2.45, 2.75) is 69.5 Å². The fourth-order valence-corrected chi connectivity index (χ4v) is 3.60. The van der Waals surface area contributed by atoms with E-state index in [-0.39, 0.29) is 12.1 Å². The summed E-state index contributed by atoms with van der Waals surface area (Å²) in [6.45, 7) is 0. The Hall–Kier alpha value is -0.120. The second-order valence-electron chi connectivity index (χ2n) is 5.96. The van der Waals surface area contributed by atoms with Crippen LogP contribution in [0.5, 0.6) is 0 Å². The van der Waals surface area contributed by atoms with Crippen molar-refractivity contribution in [3.8, 4) is 0 Å². The molecule has 2 aliphatic rings. The summed E-state index contributed by atoms with van der Waals surface area (Å²) in [5.74, 6) is 1.46. The summed E-state index contributed by atoms with van der Waals surface area (Å²) in [6, 6.07) is 0.898. The molecule has 16 heavy (non-hydrogen) atoms. The Morgan fingerprint density at radius 2 is 1.62 bits per heavy atom. The molecule has 2 saturated carbocycles. The third kappa shape index (κ3) is 2.96. The van der Waals surface area contributed by atoms with E-state index in [1.807, 2.05) is 0 Å². The van der Waals surface area contributed by atoms with Gasteiger partial charge in [0.2, 0.25) is 0 Å². The number of nitrogens with two attached hydrogens (primary N) is 3. The first-order chi connectivity index (χ1) is 7.66. The van der Waals surface area contributed by atoms with Gasteiger partial charge in [-0.15, -0.1) is 0 Å². The van der Waals surface area contributed by atoms with E-state index >= 15 is 0 Å². The first-order valence-corrected chi connectivity index (χ1v) is 6.93.